The van der Waals surface area contributed by atoms with Crippen LogP contribution in [0.4, 0.5) is 31.7 Å². The zero-order valence-electron chi connectivity index (χ0n) is 46.9. The number of nitrogens with one attached hydrogen (secondary N) is 5. The topological polar surface area (TPSA) is 480 Å². The second-order valence-electron chi connectivity index (χ2n) is 19.4. The van der Waals surface area contributed by atoms with Gasteiger partial charge in [-0.15, -0.1) is 4.91 Å². The lowest BCUT2D eigenvalue weighted by Gasteiger charge is -2.19. The third-order valence-electron chi connectivity index (χ3n) is 13.4. The van der Waals surface area contributed by atoms with Gasteiger partial charge in [-0.2, -0.15) is 0 Å². The molecular weight excluding hydrogens is 1210 g/mol. The number of carbonyl (C=O) groups is 8. The number of carbonyl (C=O) groups excluding carboxylic acids is 8. The summed E-state index contributed by atoms with van der Waals surface area (Å²) in [4.78, 5) is 139. The van der Waals surface area contributed by atoms with Crippen LogP contribution in [0.1, 0.15) is 56.5 Å². The number of nitrogen functional groups attached to an aromatic ring is 1. The van der Waals surface area contributed by atoms with Crippen LogP contribution in [-0.4, -0.2) is 187 Å². The lowest BCUT2D eigenvalue weighted by molar-refractivity contribution is -0.138. The standard InChI is InChI=1S/C49H62N18O19P2/c1-64(49(75)81-21-28-4-6-29(7-5-28)60-46(72)31(3-2-13-52-47(51)73)61-35(69)20-53-34(68)12-16-79-17-15-65-36(70)9-10-37(65)71)14-18-80-48(74)62-43-41-45(57-25-55-43)66(27-59-41)38-11-8-30(84-38)22-83-88(78)86-32-19-39(85-33(32)23-82-87(77)63-76)67-26-58-40-42(50)54-24-56-44(40)67/h4-7,9-10,24-27,30-33,38-39,87-88H,2-3,8,11-23H2,1H3,(H,53,68)(H,60,72)(H,61,69)(H2,50,54,56)(H3,51,52,73)(H,55,57,62,74)/t30-,31-,32-,33+,38+,39+/m0/s1. The highest BCUT2D eigenvalue weighted by molar-refractivity contribution is 7.37. The van der Waals surface area contributed by atoms with Gasteiger partial charge in [-0.1, -0.05) is 12.1 Å². The van der Waals surface area contributed by atoms with E-state index in [0.29, 0.717) is 40.9 Å². The summed E-state index contributed by atoms with van der Waals surface area (Å²) >= 11 is 0. The molecule has 0 bridgehead atoms. The Labute approximate surface area is 499 Å². The maximum absolute atomic E-state index is 13.4. The van der Waals surface area contributed by atoms with Gasteiger partial charge >= 0.3 is 34.7 Å². The number of rotatable bonds is 32. The summed E-state index contributed by atoms with van der Waals surface area (Å²) in [5, 5.41) is 12.6. The Kier molecular flexibility index (Phi) is 23.4. The summed E-state index contributed by atoms with van der Waals surface area (Å²) in [5.74, 6) is -2.55. The molecule has 7 heterocycles. The summed E-state index contributed by atoms with van der Waals surface area (Å²) in [6.45, 7) is -1.32. The van der Waals surface area contributed by atoms with Crippen LogP contribution in [0.3, 0.4) is 0 Å². The fraction of sp³-hybridized carbons (Fsp3) is 0.469. The minimum absolute atomic E-state index is 0.0124. The molecule has 88 heavy (non-hydrogen) atoms. The largest absolute Gasteiger partial charge is 0.447 e. The van der Waals surface area contributed by atoms with Crippen LogP contribution in [0.15, 0.2) is 66.7 Å². The number of ether oxygens (including phenoxy) is 5. The number of likely N-dealkylation sites (N-methyl/N-ethyl adjacent to an activating group) is 1. The Hall–Kier alpha value is -8.96. The minimum atomic E-state index is -3.25. The van der Waals surface area contributed by atoms with Gasteiger partial charge in [0.15, 0.2) is 28.4 Å². The van der Waals surface area contributed by atoms with E-state index in [4.69, 9.17) is 48.7 Å². The molecule has 2 fully saturated rings. The van der Waals surface area contributed by atoms with Crippen LogP contribution in [-0.2, 0) is 77.0 Å². The van der Waals surface area contributed by atoms with Crippen molar-refractivity contribution in [2.45, 2.75) is 81.9 Å². The van der Waals surface area contributed by atoms with Crippen LogP contribution < -0.4 is 38.1 Å². The van der Waals surface area contributed by atoms with Crippen LogP contribution in [0, 0.1) is 4.91 Å². The zero-order valence-corrected chi connectivity index (χ0v) is 48.9. The van der Waals surface area contributed by atoms with Crippen molar-refractivity contribution in [2.24, 2.45) is 10.7 Å². The number of imidazole rings is 2. The molecule has 2 saturated heterocycles. The van der Waals surface area contributed by atoms with Crippen LogP contribution >= 0.6 is 16.4 Å². The third-order valence-corrected chi connectivity index (χ3v) is 14.8. The predicted octanol–water partition coefficient (Wildman–Crippen LogP) is 1.31. The number of aromatic nitrogens is 8. The van der Waals surface area contributed by atoms with Gasteiger partial charge in [-0.25, -0.2) is 44.3 Å². The van der Waals surface area contributed by atoms with E-state index in [2.05, 4.69) is 61.4 Å². The molecule has 4 aromatic heterocycles. The molecule has 9 N–H and O–H groups in total. The summed E-state index contributed by atoms with van der Waals surface area (Å²) in [6.07, 6.45) is 3.58. The summed E-state index contributed by atoms with van der Waals surface area (Å²) < 4.78 is 72.8. The number of hydrogen-bond donors (Lipinski definition) is 7. The molecule has 0 radical (unpaired) electrons. The molecule has 472 valence electrons. The summed E-state index contributed by atoms with van der Waals surface area (Å²) in [5.41, 5.74) is 13.2. The van der Waals surface area contributed by atoms with Gasteiger partial charge in [0, 0.05) is 49.2 Å². The molecule has 2 unspecified atom stereocenters. The van der Waals surface area contributed by atoms with Gasteiger partial charge < -0.3 is 74.9 Å². The van der Waals surface area contributed by atoms with E-state index in [1.165, 1.54) is 37.3 Å². The van der Waals surface area contributed by atoms with Gasteiger partial charge in [-0.05, 0) is 43.4 Å². The molecule has 5 aromatic rings. The average molecular weight is 1270 g/mol. The number of hydrogen-bond acceptors (Lipinski definition) is 26. The molecule has 8 rings (SSSR count). The molecule has 9 amide bonds. The van der Waals surface area contributed by atoms with Gasteiger partial charge in [0.1, 0.15) is 56.0 Å². The van der Waals surface area contributed by atoms with Crippen molar-refractivity contribution < 1.29 is 84.7 Å². The molecule has 8 atom stereocenters. The van der Waals surface area contributed by atoms with E-state index in [9.17, 15) is 52.4 Å². The Morgan fingerprint density at radius 3 is 2.31 bits per heavy atom. The molecule has 37 nitrogen and oxygen atoms in total. The van der Waals surface area contributed by atoms with Gasteiger partial charge in [0.2, 0.25) is 17.7 Å². The van der Waals surface area contributed by atoms with Crippen LogP contribution in [0.2, 0.25) is 0 Å². The van der Waals surface area contributed by atoms with Crippen molar-refractivity contribution in [2.75, 3.05) is 82.6 Å². The van der Waals surface area contributed by atoms with E-state index in [-0.39, 0.29) is 102 Å². The van der Waals surface area contributed by atoms with Crippen molar-refractivity contribution in [3.8, 4) is 0 Å². The lowest BCUT2D eigenvalue weighted by Crippen LogP contribution is -2.47. The van der Waals surface area contributed by atoms with Crippen molar-refractivity contribution >= 4 is 104 Å². The van der Waals surface area contributed by atoms with Crippen molar-refractivity contribution in [3.63, 3.8) is 0 Å². The fourth-order valence-corrected chi connectivity index (χ4v) is 10.2. The monoisotopic (exact) mass is 1270 g/mol. The first-order chi connectivity index (χ1) is 42.4. The first kappa shape index (κ1) is 65.0. The van der Waals surface area contributed by atoms with E-state index in [1.807, 2.05) is 0 Å². The van der Waals surface area contributed by atoms with E-state index >= 15 is 0 Å². The molecule has 0 saturated carbocycles. The Morgan fingerprint density at radius 1 is 0.830 bits per heavy atom. The number of nitroso groups, excluding NO2 is 1. The number of primary amides is 1. The molecule has 3 aliphatic rings. The quantitative estimate of drug-likeness (QED) is 0.0138. The number of anilines is 3. The Bertz CT molecular complexity index is 3410. The van der Waals surface area contributed by atoms with E-state index in [0.717, 1.165) is 17.1 Å². The molecule has 1 aromatic carbocycles. The van der Waals surface area contributed by atoms with Gasteiger partial charge in [0.05, 0.1) is 70.9 Å². The number of amides is 9. The second kappa shape index (κ2) is 31.6. The maximum atomic E-state index is 13.4. The number of nitrogens with zero attached hydrogens (tertiary/aromatic N) is 11. The Morgan fingerprint density at radius 2 is 1.56 bits per heavy atom. The lowest BCUT2D eigenvalue weighted by atomic mass is 10.1. The minimum Gasteiger partial charge on any atom is -0.447 e. The second-order valence-corrected chi connectivity index (χ2v) is 21.5. The zero-order chi connectivity index (χ0) is 62.7. The van der Waals surface area contributed by atoms with Gasteiger partial charge in [-0.3, -0.25) is 52.5 Å². The fourth-order valence-electron chi connectivity index (χ4n) is 8.93. The van der Waals surface area contributed by atoms with Crippen LogP contribution in [0.5, 0.6) is 0 Å². The smallest absolute Gasteiger partial charge is 0.412 e. The molecule has 0 aliphatic carbocycles. The maximum Gasteiger partial charge on any atom is 0.412 e. The molecule has 0 spiro atoms. The number of urea groups is 1. The average Bonchev–Trinajstić information content (AvgIpc) is 1.94. The first-order valence-corrected chi connectivity index (χ1v) is 29.6. The number of benzene rings is 1. The number of imide groups is 1. The molecular formula is C49H62N18O19P2. The molecule has 3 aliphatic heterocycles. The molecule has 39 heteroatoms. The normalized spacial score (nSPS) is 19.1. The van der Waals surface area contributed by atoms with E-state index in [1.54, 1.807) is 33.4 Å². The van der Waals surface area contributed by atoms with Crippen molar-refractivity contribution in [1.29, 1.82) is 0 Å². The third kappa shape index (κ3) is 18.3. The van der Waals surface area contributed by atoms with E-state index < -0.39 is 108 Å². The first-order valence-electron chi connectivity index (χ1n) is 27.1. The number of nitrogens with two attached hydrogens (primary N) is 2. The number of fused-ring (bicyclic) bond motifs is 2. The summed E-state index contributed by atoms with van der Waals surface area (Å²) in [6, 6.07) is 4.41. The highest BCUT2D eigenvalue weighted by atomic mass is 31.1. The highest BCUT2D eigenvalue weighted by Crippen LogP contribution is 2.41. The summed E-state index contributed by atoms with van der Waals surface area (Å²) in [7, 11) is -5.01. The SMILES string of the molecule is CN(CCOC(=O)Nc1ncnc2c1ncn2[C@H]1CC[C@@H](CO[PH](=O)O[C@H]2C[C@H](n3cnc4c(N)ncnc43)O[C@@H]2CO[PH](=O)N=O)O1)C(=O)OCc1ccc(NC(=O)[C@H](CCCNC(N)=O)NC(=O)CNC(=O)CCOCCN2C(=O)C=CC2=O)cc1. The van der Waals surface area contributed by atoms with Crippen molar-refractivity contribution in [1.82, 2.24) is 64.8 Å². The Balaban J connectivity index is 0.723. The van der Waals surface area contributed by atoms with Crippen molar-refractivity contribution in [3.05, 3.63) is 72.2 Å². The van der Waals surface area contributed by atoms with Gasteiger partial charge in [0.25, 0.3) is 11.8 Å². The van der Waals surface area contributed by atoms with Crippen LogP contribution in [0.25, 0.3) is 22.3 Å². The predicted molar refractivity (Wildman–Crippen MR) is 303 cm³/mol. The highest BCUT2D eigenvalue weighted by Gasteiger charge is 2.40.